The van der Waals surface area contributed by atoms with Crippen LogP contribution in [-0.4, -0.2) is 52.7 Å². The van der Waals surface area contributed by atoms with Crippen LogP contribution in [-0.2, 0) is 0 Å². The topological polar surface area (TPSA) is 83.8 Å². The van der Waals surface area contributed by atoms with Gasteiger partial charge in [0.1, 0.15) is 5.56 Å². The summed E-state index contributed by atoms with van der Waals surface area (Å²) in [6.45, 7) is 0.609. The van der Waals surface area contributed by atoms with E-state index in [0.29, 0.717) is 0 Å². The number of benzene rings is 2. The lowest BCUT2D eigenvalue weighted by Gasteiger charge is -2.34. The van der Waals surface area contributed by atoms with Crippen molar-refractivity contribution in [2.75, 3.05) is 26.2 Å². The molecule has 1 aliphatic heterocycles. The standard InChI is InChI=1S/C18H14ClF2N3O4/c19-12-2-3-13(16(10-12)24(27)28)18(26)23-7-5-22(6-8-23)17(25)11-1-4-14(20)15(21)9-11/h1-4,9-10H,5-8H2. The Morgan fingerprint density at radius 3 is 2.11 bits per heavy atom. The Morgan fingerprint density at radius 2 is 1.54 bits per heavy atom. The summed E-state index contributed by atoms with van der Waals surface area (Å²) in [5.41, 5.74) is -0.473. The average Bonchev–Trinajstić information content (AvgIpc) is 2.69. The van der Waals surface area contributed by atoms with Crippen LogP contribution in [0.4, 0.5) is 14.5 Å². The fourth-order valence-electron chi connectivity index (χ4n) is 2.93. The van der Waals surface area contributed by atoms with Gasteiger partial charge >= 0.3 is 0 Å². The average molecular weight is 410 g/mol. The summed E-state index contributed by atoms with van der Waals surface area (Å²) in [7, 11) is 0. The van der Waals surface area contributed by atoms with Gasteiger partial charge in [0.15, 0.2) is 11.6 Å². The van der Waals surface area contributed by atoms with E-state index in [1.807, 2.05) is 0 Å². The number of hydrogen-bond acceptors (Lipinski definition) is 4. The molecule has 0 atom stereocenters. The third-order valence-electron chi connectivity index (χ3n) is 4.41. The molecule has 0 aliphatic carbocycles. The number of nitrogens with zero attached hydrogens (tertiary/aromatic N) is 3. The molecular weight excluding hydrogens is 396 g/mol. The first-order valence-electron chi connectivity index (χ1n) is 8.25. The van der Waals surface area contributed by atoms with E-state index in [2.05, 4.69) is 0 Å². The van der Waals surface area contributed by atoms with Crippen molar-refractivity contribution >= 4 is 29.1 Å². The summed E-state index contributed by atoms with van der Waals surface area (Å²) < 4.78 is 26.4. The second-order valence-electron chi connectivity index (χ2n) is 6.13. The normalized spacial score (nSPS) is 14.1. The van der Waals surface area contributed by atoms with E-state index in [0.717, 1.165) is 18.2 Å². The SMILES string of the molecule is O=C(c1ccc(F)c(F)c1)N1CCN(C(=O)c2ccc(Cl)cc2[N+](=O)[O-])CC1. The quantitative estimate of drug-likeness (QED) is 0.576. The second-order valence-corrected chi connectivity index (χ2v) is 6.57. The molecular formula is C18H14ClF2N3O4. The second kappa shape index (κ2) is 7.89. The van der Waals surface area contributed by atoms with E-state index in [-0.39, 0.29) is 42.3 Å². The third kappa shape index (κ3) is 3.94. The highest BCUT2D eigenvalue weighted by atomic mass is 35.5. The number of hydrogen-bond donors (Lipinski definition) is 0. The first kappa shape index (κ1) is 19.7. The number of carbonyl (C=O) groups is 2. The lowest BCUT2D eigenvalue weighted by Crippen LogP contribution is -2.50. The van der Waals surface area contributed by atoms with E-state index >= 15 is 0 Å². The molecule has 0 N–H and O–H groups in total. The highest BCUT2D eigenvalue weighted by Gasteiger charge is 2.29. The number of rotatable bonds is 3. The van der Waals surface area contributed by atoms with E-state index in [4.69, 9.17) is 11.6 Å². The molecule has 146 valence electrons. The van der Waals surface area contributed by atoms with Gasteiger partial charge in [-0.15, -0.1) is 0 Å². The number of nitro benzene ring substituents is 1. The molecule has 28 heavy (non-hydrogen) atoms. The minimum Gasteiger partial charge on any atom is -0.335 e. The lowest BCUT2D eigenvalue weighted by molar-refractivity contribution is -0.385. The molecule has 0 saturated carbocycles. The predicted molar refractivity (Wildman–Crippen MR) is 96.3 cm³/mol. The van der Waals surface area contributed by atoms with E-state index in [9.17, 15) is 28.5 Å². The van der Waals surface area contributed by atoms with Gasteiger partial charge in [-0.2, -0.15) is 0 Å². The highest BCUT2D eigenvalue weighted by Crippen LogP contribution is 2.25. The maximum Gasteiger partial charge on any atom is 0.283 e. The molecule has 0 bridgehead atoms. The Bertz CT molecular complexity index is 962. The van der Waals surface area contributed by atoms with Crippen LogP contribution in [0.25, 0.3) is 0 Å². The lowest BCUT2D eigenvalue weighted by atomic mass is 10.1. The van der Waals surface area contributed by atoms with Gasteiger partial charge in [-0.1, -0.05) is 11.6 Å². The van der Waals surface area contributed by atoms with Gasteiger partial charge in [-0.05, 0) is 30.3 Å². The summed E-state index contributed by atoms with van der Waals surface area (Å²) in [6, 6.07) is 6.69. The molecule has 0 unspecified atom stereocenters. The zero-order chi connectivity index (χ0) is 20.4. The van der Waals surface area contributed by atoms with E-state index in [1.54, 1.807) is 0 Å². The molecule has 0 aromatic heterocycles. The summed E-state index contributed by atoms with van der Waals surface area (Å²) >= 11 is 5.76. The van der Waals surface area contributed by atoms with Gasteiger partial charge in [-0.25, -0.2) is 8.78 Å². The molecule has 1 aliphatic rings. The summed E-state index contributed by atoms with van der Waals surface area (Å²) in [4.78, 5) is 38.4. The van der Waals surface area contributed by atoms with E-state index in [1.165, 1.54) is 28.0 Å². The molecule has 10 heteroatoms. The summed E-state index contributed by atoms with van der Waals surface area (Å²) in [5.74, 6) is -3.18. The molecule has 7 nitrogen and oxygen atoms in total. The van der Waals surface area contributed by atoms with E-state index < -0.39 is 34.1 Å². The number of nitro groups is 1. The van der Waals surface area contributed by atoms with Crippen molar-refractivity contribution < 1.29 is 23.3 Å². The van der Waals surface area contributed by atoms with Crippen molar-refractivity contribution in [3.05, 3.63) is 74.3 Å². The first-order valence-corrected chi connectivity index (χ1v) is 8.63. The molecule has 2 amide bonds. The molecule has 2 aromatic carbocycles. The van der Waals surface area contributed by atoms with Crippen molar-refractivity contribution in [2.45, 2.75) is 0 Å². The van der Waals surface area contributed by atoms with Crippen molar-refractivity contribution in [1.29, 1.82) is 0 Å². The smallest absolute Gasteiger partial charge is 0.283 e. The number of piperazine rings is 1. The van der Waals surface area contributed by atoms with Crippen LogP contribution in [0, 0.1) is 21.7 Å². The maximum atomic E-state index is 13.3. The summed E-state index contributed by atoms with van der Waals surface area (Å²) in [6.07, 6.45) is 0. The number of amides is 2. The third-order valence-corrected chi connectivity index (χ3v) is 4.64. The van der Waals surface area contributed by atoms with Crippen LogP contribution in [0.15, 0.2) is 36.4 Å². The molecule has 0 radical (unpaired) electrons. The van der Waals surface area contributed by atoms with Crippen molar-refractivity contribution in [1.82, 2.24) is 9.80 Å². The minimum atomic E-state index is -1.12. The maximum absolute atomic E-state index is 13.3. The van der Waals surface area contributed by atoms with Crippen LogP contribution in [0.5, 0.6) is 0 Å². The Kier molecular flexibility index (Phi) is 5.55. The predicted octanol–water partition coefficient (Wildman–Crippen LogP) is 3.12. The Balaban J connectivity index is 1.70. The van der Waals surface area contributed by atoms with Crippen molar-refractivity contribution in [3.8, 4) is 0 Å². The number of carbonyl (C=O) groups excluding carboxylic acids is 2. The Labute approximate surface area is 163 Å². The zero-order valence-electron chi connectivity index (χ0n) is 14.4. The van der Waals surface area contributed by atoms with Crippen LogP contribution in [0.2, 0.25) is 5.02 Å². The largest absolute Gasteiger partial charge is 0.335 e. The fourth-order valence-corrected chi connectivity index (χ4v) is 3.10. The molecule has 1 heterocycles. The van der Waals surface area contributed by atoms with Crippen LogP contribution in [0.1, 0.15) is 20.7 Å². The molecule has 3 rings (SSSR count). The van der Waals surface area contributed by atoms with Crippen LogP contribution < -0.4 is 0 Å². The highest BCUT2D eigenvalue weighted by molar-refractivity contribution is 6.31. The van der Waals surface area contributed by atoms with Gasteiger partial charge < -0.3 is 9.80 Å². The molecule has 1 saturated heterocycles. The van der Waals surface area contributed by atoms with Crippen LogP contribution in [0.3, 0.4) is 0 Å². The minimum absolute atomic E-state index is 0.00650. The van der Waals surface area contributed by atoms with Crippen molar-refractivity contribution in [2.24, 2.45) is 0 Å². The molecule has 2 aromatic rings. The number of halogens is 3. The zero-order valence-corrected chi connectivity index (χ0v) is 15.2. The fraction of sp³-hybridized carbons (Fsp3) is 0.222. The Hall–Kier alpha value is -3.07. The van der Waals surface area contributed by atoms with Gasteiger partial charge in [0.05, 0.1) is 4.92 Å². The first-order chi connectivity index (χ1) is 13.3. The molecule has 1 fully saturated rings. The summed E-state index contributed by atoms with van der Waals surface area (Å²) in [5, 5.41) is 11.3. The van der Waals surface area contributed by atoms with Gasteiger partial charge in [0.25, 0.3) is 17.5 Å². The van der Waals surface area contributed by atoms with Gasteiger partial charge in [0.2, 0.25) is 0 Å². The van der Waals surface area contributed by atoms with Gasteiger partial charge in [0, 0.05) is 42.8 Å². The van der Waals surface area contributed by atoms with Crippen molar-refractivity contribution in [3.63, 3.8) is 0 Å². The van der Waals surface area contributed by atoms with Gasteiger partial charge in [-0.3, -0.25) is 19.7 Å². The Morgan fingerprint density at radius 1 is 0.929 bits per heavy atom. The van der Waals surface area contributed by atoms with Crippen LogP contribution >= 0.6 is 11.6 Å². The monoisotopic (exact) mass is 409 g/mol. The molecule has 0 spiro atoms.